The average Bonchev–Trinajstić information content (AvgIpc) is 2.71. The van der Waals surface area contributed by atoms with Crippen LogP contribution in [0.25, 0.3) is 0 Å². The highest BCUT2D eigenvalue weighted by Crippen LogP contribution is 2.11. The molecular formula is C13H12FN3O. The monoisotopic (exact) mass is 245 g/mol. The van der Waals surface area contributed by atoms with Crippen LogP contribution in [0, 0.1) is 17.1 Å². The fourth-order valence-electron chi connectivity index (χ4n) is 1.80. The maximum absolute atomic E-state index is 13.2. The largest absolute Gasteiger partial charge is 0.328 e. The number of hydrogen-bond acceptors (Lipinski definition) is 2. The Kier molecular flexibility index (Phi) is 3.28. The number of halogens is 1. The number of aromatic nitrogens is 2. The van der Waals surface area contributed by atoms with Gasteiger partial charge in [-0.2, -0.15) is 5.26 Å². The van der Waals surface area contributed by atoms with E-state index in [9.17, 15) is 9.18 Å². The van der Waals surface area contributed by atoms with E-state index in [1.54, 1.807) is 17.0 Å². The Morgan fingerprint density at radius 1 is 1.33 bits per heavy atom. The highest BCUT2D eigenvalue weighted by atomic mass is 19.1. The predicted molar refractivity (Wildman–Crippen MR) is 64.6 cm³/mol. The summed E-state index contributed by atoms with van der Waals surface area (Å²) in [7, 11) is 0. The summed E-state index contributed by atoms with van der Waals surface area (Å²) >= 11 is 0. The second-order valence-corrected chi connectivity index (χ2v) is 3.91. The lowest BCUT2D eigenvalue weighted by molar-refractivity contribution is 0.620. The minimum atomic E-state index is -0.410. The van der Waals surface area contributed by atoms with Gasteiger partial charge >= 0.3 is 5.69 Å². The molecule has 0 saturated carbocycles. The van der Waals surface area contributed by atoms with Crippen molar-refractivity contribution in [2.24, 2.45) is 0 Å². The average molecular weight is 245 g/mol. The van der Waals surface area contributed by atoms with Crippen molar-refractivity contribution < 1.29 is 4.39 Å². The fourth-order valence-corrected chi connectivity index (χ4v) is 1.80. The van der Waals surface area contributed by atoms with Crippen molar-refractivity contribution in [2.75, 3.05) is 0 Å². The van der Waals surface area contributed by atoms with Crippen molar-refractivity contribution in [3.05, 3.63) is 58.0 Å². The van der Waals surface area contributed by atoms with Crippen LogP contribution in [0.4, 0.5) is 4.39 Å². The van der Waals surface area contributed by atoms with Crippen LogP contribution in [-0.4, -0.2) is 9.13 Å². The Morgan fingerprint density at radius 3 is 2.67 bits per heavy atom. The van der Waals surface area contributed by atoms with Crippen LogP contribution >= 0.6 is 0 Å². The first-order valence-corrected chi connectivity index (χ1v) is 5.59. The molecular weight excluding hydrogens is 233 g/mol. The molecule has 92 valence electrons. The summed E-state index contributed by atoms with van der Waals surface area (Å²) < 4.78 is 16.2. The highest BCUT2D eigenvalue weighted by Gasteiger charge is 2.07. The van der Waals surface area contributed by atoms with E-state index in [2.05, 4.69) is 0 Å². The number of nitrogens with zero attached hydrogens (tertiary/aromatic N) is 3. The first-order valence-electron chi connectivity index (χ1n) is 5.59. The third kappa shape index (κ3) is 2.18. The van der Waals surface area contributed by atoms with Crippen LogP contribution in [-0.2, 0) is 13.1 Å². The van der Waals surface area contributed by atoms with Gasteiger partial charge in [-0.25, -0.2) is 9.18 Å². The molecule has 0 radical (unpaired) electrons. The summed E-state index contributed by atoms with van der Waals surface area (Å²) in [6.07, 6.45) is 3.31. The summed E-state index contributed by atoms with van der Waals surface area (Å²) in [6, 6.07) is 5.94. The smallest absolute Gasteiger partial charge is 0.300 e. The summed E-state index contributed by atoms with van der Waals surface area (Å²) in [4.78, 5) is 11.8. The van der Waals surface area contributed by atoms with Crippen LogP contribution in [0.5, 0.6) is 0 Å². The summed E-state index contributed by atoms with van der Waals surface area (Å²) in [5, 5.41) is 8.94. The Hall–Kier alpha value is -2.35. The van der Waals surface area contributed by atoms with Crippen molar-refractivity contribution in [1.29, 1.82) is 5.26 Å². The molecule has 0 fully saturated rings. The van der Waals surface area contributed by atoms with E-state index in [4.69, 9.17) is 5.26 Å². The van der Waals surface area contributed by atoms with Crippen molar-refractivity contribution in [2.45, 2.75) is 20.0 Å². The van der Waals surface area contributed by atoms with Crippen LogP contribution < -0.4 is 5.69 Å². The van der Waals surface area contributed by atoms with Gasteiger partial charge in [-0.1, -0.05) is 0 Å². The molecule has 0 spiro atoms. The van der Waals surface area contributed by atoms with Gasteiger partial charge in [0.25, 0.3) is 0 Å². The molecule has 1 aromatic heterocycles. The maximum Gasteiger partial charge on any atom is 0.328 e. The first-order chi connectivity index (χ1) is 8.65. The van der Waals surface area contributed by atoms with E-state index in [1.165, 1.54) is 22.8 Å². The van der Waals surface area contributed by atoms with Gasteiger partial charge in [0.2, 0.25) is 0 Å². The number of aryl methyl sites for hydroxylation is 1. The zero-order valence-corrected chi connectivity index (χ0v) is 9.93. The number of benzene rings is 1. The van der Waals surface area contributed by atoms with Gasteiger partial charge in [0.1, 0.15) is 5.82 Å². The highest BCUT2D eigenvalue weighted by molar-refractivity contribution is 5.37. The van der Waals surface area contributed by atoms with Gasteiger partial charge in [-0.15, -0.1) is 0 Å². The van der Waals surface area contributed by atoms with Crippen LogP contribution in [0.15, 0.2) is 35.4 Å². The quantitative estimate of drug-likeness (QED) is 0.826. The zero-order valence-electron chi connectivity index (χ0n) is 9.93. The molecule has 2 rings (SSSR count). The molecule has 1 aromatic carbocycles. The van der Waals surface area contributed by atoms with Crippen molar-refractivity contribution in [3.63, 3.8) is 0 Å². The molecule has 0 aliphatic carbocycles. The first kappa shape index (κ1) is 12.1. The van der Waals surface area contributed by atoms with Gasteiger partial charge < -0.3 is 0 Å². The minimum Gasteiger partial charge on any atom is -0.300 e. The van der Waals surface area contributed by atoms with E-state index in [0.29, 0.717) is 17.7 Å². The molecule has 2 aromatic rings. The zero-order chi connectivity index (χ0) is 13.1. The lowest BCUT2D eigenvalue weighted by Gasteiger charge is -2.04. The number of imidazole rings is 1. The second-order valence-electron chi connectivity index (χ2n) is 3.91. The number of hydrogen-bond donors (Lipinski definition) is 0. The molecule has 1 heterocycles. The minimum absolute atomic E-state index is 0.161. The standard InChI is InChI=1S/C13H12FN3O/c1-2-16-5-6-17(13(16)18)9-11-7-12(14)4-3-10(11)8-15/h3-7H,2,9H2,1H3. The van der Waals surface area contributed by atoms with E-state index in [1.807, 2.05) is 13.0 Å². The topological polar surface area (TPSA) is 50.7 Å². The lowest BCUT2D eigenvalue weighted by atomic mass is 10.1. The Bertz CT molecular complexity index is 664. The number of rotatable bonds is 3. The molecule has 4 nitrogen and oxygen atoms in total. The van der Waals surface area contributed by atoms with Crippen molar-refractivity contribution in [1.82, 2.24) is 9.13 Å². The molecule has 0 N–H and O–H groups in total. The SMILES string of the molecule is CCn1ccn(Cc2cc(F)ccc2C#N)c1=O. The predicted octanol–water partition coefficient (Wildman–Crippen LogP) is 1.73. The molecule has 0 unspecified atom stereocenters. The molecule has 0 aliphatic heterocycles. The Labute approximate surface area is 104 Å². The maximum atomic E-state index is 13.2. The Morgan fingerprint density at radius 2 is 2.06 bits per heavy atom. The molecule has 18 heavy (non-hydrogen) atoms. The van der Waals surface area contributed by atoms with E-state index >= 15 is 0 Å². The van der Waals surface area contributed by atoms with Gasteiger partial charge in [0.15, 0.2) is 0 Å². The van der Waals surface area contributed by atoms with Gasteiger partial charge in [-0.3, -0.25) is 9.13 Å². The van der Waals surface area contributed by atoms with Gasteiger partial charge in [0, 0.05) is 18.9 Å². The number of nitriles is 1. The Balaban J connectivity index is 2.40. The third-order valence-electron chi connectivity index (χ3n) is 2.79. The molecule has 5 heteroatoms. The van der Waals surface area contributed by atoms with Crippen molar-refractivity contribution >= 4 is 0 Å². The summed E-state index contributed by atoms with van der Waals surface area (Å²) in [5.74, 6) is -0.410. The summed E-state index contributed by atoms with van der Waals surface area (Å²) in [6.45, 7) is 2.65. The third-order valence-corrected chi connectivity index (χ3v) is 2.79. The van der Waals surface area contributed by atoms with E-state index < -0.39 is 5.82 Å². The van der Waals surface area contributed by atoms with Crippen LogP contribution in [0.2, 0.25) is 0 Å². The van der Waals surface area contributed by atoms with Crippen LogP contribution in [0.3, 0.4) is 0 Å². The second kappa shape index (κ2) is 4.88. The van der Waals surface area contributed by atoms with Crippen LogP contribution in [0.1, 0.15) is 18.1 Å². The summed E-state index contributed by atoms with van der Waals surface area (Å²) in [5.41, 5.74) is 0.728. The fraction of sp³-hybridized carbons (Fsp3) is 0.231. The van der Waals surface area contributed by atoms with Gasteiger partial charge in [-0.05, 0) is 30.7 Å². The van der Waals surface area contributed by atoms with E-state index in [-0.39, 0.29) is 12.2 Å². The lowest BCUT2D eigenvalue weighted by Crippen LogP contribution is -2.24. The van der Waals surface area contributed by atoms with Gasteiger partial charge in [0.05, 0.1) is 18.2 Å². The molecule has 0 amide bonds. The van der Waals surface area contributed by atoms with Crippen molar-refractivity contribution in [3.8, 4) is 6.07 Å². The van der Waals surface area contributed by atoms with E-state index in [0.717, 1.165) is 0 Å². The molecule has 0 bridgehead atoms. The molecule has 0 aliphatic rings. The normalized spacial score (nSPS) is 10.3. The molecule has 0 atom stereocenters. The molecule has 0 saturated heterocycles.